The van der Waals surface area contributed by atoms with Crippen molar-refractivity contribution in [2.45, 2.75) is 17.9 Å². The van der Waals surface area contributed by atoms with Gasteiger partial charge in [-0.15, -0.1) is 0 Å². The number of hydrogen-bond donors (Lipinski definition) is 0. The molecule has 7 nitrogen and oxygen atoms in total. The molecule has 0 atom stereocenters. The van der Waals surface area contributed by atoms with Crippen LogP contribution in [0.1, 0.15) is 11.7 Å². The van der Waals surface area contributed by atoms with E-state index in [4.69, 9.17) is 9.26 Å². The lowest BCUT2D eigenvalue weighted by Crippen LogP contribution is -2.29. The molecule has 0 saturated heterocycles. The summed E-state index contributed by atoms with van der Waals surface area (Å²) in [7, 11) is -2.08. The van der Waals surface area contributed by atoms with E-state index in [-0.39, 0.29) is 36.1 Å². The fourth-order valence-electron chi connectivity index (χ4n) is 2.30. The van der Waals surface area contributed by atoms with E-state index in [0.29, 0.717) is 5.82 Å². The van der Waals surface area contributed by atoms with Gasteiger partial charge in [-0.2, -0.15) is 4.98 Å². The number of sulfonamides is 1. The molecule has 0 unspecified atom stereocenters. The molecule has 0 fully saturated rings. The van der Waals surface area contributed by atoms with Gasteiger partial charge in [0.05, 0.1) is 4.90 Å². The van der Waals surface area contributed by atoms with Crippen LogP contribution in [0.3, 0.4) is 0 Å². The van der Waals surface area contributed by atoms with Crippen LogP contribution in [0.2, 0.25) is 0 Å². The first-order chi connectivity index (χ1) is 13.0. The van der Waals surface area contributed by atoms with Gasteiger partial charge in [-0.1, -0.05) is 35.5 Å². The normalized spacial score (nSPS) is 11.7. The highest BCUT2D eigenvalue weighted by atomic mass is 32.2. The van der Waals surface area contributed by atoms with Gasteiger partial charge in [-0.3, -0.25) is 0 Å². The summed E-state index contributed by atoms with van der Waals surface area (Å²) in [6, 6.07) is 14.2. The Morgan fingerprint density at radius 3 is 2.56 bits per heavy atom. The Kier molecular flexibility index (Phi) is 5.82. The number of ether oxygens (including phenoxy) is 1. The van der Waals surface area contributed by atoms with Crippen LogP contribution in [0.5, 0.6) is 5.75 Å². The third-order valence-electron chi connectivity index (χ3n) is 3.80. The maximum absolute atomic E-state index is 13.5. The van der Waals surface area contributed by atoms with Crippen molar-refractivity contribution in [2.75, 3.05) is 13.6 Å². The lowest BCUT2D eigenvalue weighted by molar-refractivity contribution is 0.234. The SMILES string of the molecule is CN(CCc1noc(COc2ccccc2F)n1)S(=O)(=O)c1ccccc1. The molecule has 0 aliphatic rings. The number of halogens is 1. The smallest absolute Gasteiger partial charge is 0.264 e. The molecule has 0 amide bonds. The second-order valence-electron chi connectivity index (χ2n) is 5.71. The number of para-hydroxylation sites is 1. The standard InChI is InChI=1S/C18H18FN3O4S/c1-22(27(23,24)14-7-3-2-4-8-14)12-11-17-20-18(26-21-17)13-25-16-10-6-5-9-15(16)19/h2-10H,11-13H2,1H3. The zero-order valence-electron chi connectivity index (χ0n) is 14.6. The monoisotopic (exact) mass is 391 g/mol. The molecule has 0 radical (unpaired) electrons. The van der Waals surface area contributed by atoms with Crippen LogP contribution in [0, 0.1) is 5.82 Å². The van der Waals surface area contributed by atoms with E-state index < -0.39 is 15.8 Å². The van der Waals surface area contributed by atoms with Gasteiger partial charge < -0.3 is 9.26 Å². The molecule has 0 aliphatic carbocycles. The Labute approximate surface area is 156 Å². The average molecular weight is 391 g/mol. The molecule has 0 bridgehead atoms. The van der Waals surface area contributed by atoms with Crippen LogP contribution in [0.15, 0.2) is 64.0 Å². The molecular formula is C18H18FN3O4S. The first-order valence-electron chi connectivity index (χ1n) is 8.17. The largest absolute Gasteiger partial charge is 0.481 e. The molecular weight excluding hydrogens is 373 g/mol. The highest BCUT2D eigenvalue weighted by molar-refractivity contribution is 7.89. The van der Waals surface area contributed by atoms with Crippen LogP contribution in [0.25, 0.3) is 0 Å². The average Bonchev–Trinajstić information content (AvgIpc) is 3.14. The Hall–Kier alpha value is -2.78. The first kappa shape index (κ1) is 19.0. The molecule has 0 N–H and O–H groups in total. The Balaban J connectivity index is 1.56. The van der Waals surface area contributed by atoms with Gasteiger partial charge in [0.25, 0.3) is 5.89 Å². The van der Waals surface area contributed by atoms with E-state index in [0.717, 1.165) is 0 Å². The Morgan fingerprint density at radius 1 is 1.11 bits per heavy atom. The number of hydrogen-bond acceptors (Lipinski definition) is 6. The summed E-state index contributed by atoms with van der Waals surface area (Å²) in [5, 5.41) is 3.80. The highest BCUT2D eigenvalue weighted by Gasteiger charge is 2.20. The fraction of sp³-hybridized carbons (Fsp3) is 0.222. The predicted octanol–water partition coefficient (Wildman–Crippen LogP) is 2.65. The third kappa shape index (κ3) is 4.69. The zero-order chi connectivity index (χ0) is 19.3. The van der Waals surface area contributed by atoms with Gasteiger partial charge in [0.15, 0.2) is 24.0 Å². The van der Waals surface area contributed by atoms with Crippen LogP contribution in [-0.4, -0.2) is 36.5 Å². The van der Waals surface area contributed by atoms with E-state index in [9.17, 15) is 12.8 Å². The molecule has 27 heavy (non-hydrogen) atoms. The van der Waals surface area contributed by atoms with Gasteiger partial charge in [-0.25, -0.2) is 17.1 Å². The van der Waals surface area contributed by atoms with Crippen LogP contribution in [0.4, 0.5) is 4.39 Å². The van der Waals surface area contributed by atoms with Crippen molar-refractivity contribution >= 4 is 10.0 Å². The predicted molar refractivity (Wildman–Crippen MR) is 95.0 cm³/mol. The first-order valence-corrected chi connectivity index (χ1v) is 9.61. The molecule has 1 aromatic heterocycles. The maximum Gasteiger partial charge on any atom is 0.264 e. The molecule has 1 heterocycles. The maximum atomic E-state index is 13.5. The van der Waals surface area contributed by atoms with Crippen molar-refractivity contribution in [3.8, 4) is 5.75 Å². The Morgan fingerprint density at radius 2 is 1.81 bits per heavy atom. The van der Waals surface area contributed by atoms with E-state index >= 15 is 0 Å². The summed E-state index contributed by atoms with van der Waals surface area (Å²) in [6.07, 6.45) is 0.270. The van der Waals surface area contributed by atoms with Gasteiger partial charge >= 0.3 is 0 Å². The van der Waals surface area contributed by atoms with Crippen molar-refractivity contribution in [1.82, 2.24) is 14.4 Å². The van der Waals surface area contributed by atoms with Gasteiger partial charge in [-0.05, 0) is 24.3 Å². The molecule has 3 aromatic rings. The van der Waals surface area contributed by atoms with E-state index in [1.165, 1.54) is 23.5 Å². The van der Waals surface area contributed by atoms with Crippen molar-refractivity contribution in [2.24, 2.45) is 0 Å². The molecule has 2 aromatic carbocycles. The molecule has 9 heteroatoms. The highest BCUT2D eigenvalue weighted by Crippen LogP contribution is 2.17. The molecule has 142 valence electrons. The summed E-state index contributed by atoms with van der Waals surface area (Å²) in [4.78, 5) is 4.36. The number of benzene rings is 2. The van der Waals surface area contributed by atoms with Gasteiger partial charge in [0, 0.05) is 20.0 Å². The minimum atomic E-state index is -3.57. The van der Waals surface area contributed by atoms with Crippen molar-refractivity contribution in [3.63, 3.8) is 0 Å². The fourth-order valence-corrected chi connectivity index (χ4v) is 3.49. The number of likely N-dealkylation sites (N-methyl/N-ethyl adjacent to an activating group) is 1. The van der Waals surface area contributed by atoms with Crippen LogP contribution >= 0.6 is 0 Å². The minimum Gasteiger partial charge on any atom is -0.481 e. The second kappa shape index (κ2) is 8.28. The van der Waals surface area contributed by atoms with Crippen molar-refractivity contribution in [3.05, 3.63) is 72.1 Å². The lowest BCUT2D eigenvalue weighted by Gasteiger charge is -2.16. The summed E-state index contributed by atoms with van der Waals surface area (Å²) in [6.45, 7) is 0.108. The summed E-state index contributed by atoms with van der Waals surface area (Å²) < 4.78 is 50.0. The lowest BCUT2D eigenvalue weighted by atomic mass is 10.3. The Bertz CT molecular complexity index is 993. The number of aromatic nitrogens is 2. The quantitative estimate of drug-likeness (QED) is 0.587. The van der Waals surface area contributed by atoms with Crippen LogP contribution in [-0.2, 0) is 23.1 Å². The molecule has 0 aliphatic heterocycles. The topological polar surface area (TPSA) is 85.5 Å². The summed E-state index contributed by atoms with van der Waals surface area (Å²) in [5.74, 6) is 0.134. The third-order valence-corrected chi connectivity index (χ3v) is 5.67. The van der Waals surface area contributed by atoms with E-state index in [1.54, 1.807) is 42.5 Å². The van der Waals surface area contributed by atoms with E-state index in [1.807, 2.05) is 0 Å². The van der Waals surface area contributed by atoms with Gasteiger partial charge in [0.1, 0.15) is 0 Å². The molecule has 0 saturated carbocycles. The minimum absolute atomic E-state index is 0.0773. The zero-order valence-corrected chi connectivity index (χ0v) is 15.4. The van der Waals surface area contributed by atoms with Crippen LogP contribution < -0.4 is 4.74 Å². The van der Waals surface area contributed by atoms with Crippen molar-refractivity contribution in [1.29, 1.82) is 0 Å². The molecule has 0 spiro atoms. The number of rotatable bonds is 8. The number of nitrogens with zero attached hydrogens (tertiary/aromatic N) is 3. The van der Waals surface area contributed by atoms with Gasteiger partial charge in [0.2, 0.25) is 10.0 Å². The molecule has 3 rings (SSSR count). The van der Waals surface area contributed by atoms with E-state index in [2.05, 4.69) is 10.1 Å². The second-order valence-corrected chi connectivity index (χ2v) is 7.76. The van der Waals surface area contributed by atoms with Crippen molar-refractivity contribution < 1.29 is 22.1 Å². The summed E-state index contributed by atoms with van der Waals surface area (Å²) >= 11 is 0. The summed E-state index contributed by atoms with van der Waals surface area (Å²) in [5.41, 5.74) is 0.